The van der Waals surface area contributed by atoms with Crippen LogP contribution in [0.1, 0.15) is 28.7 Å². The highest BCUT2D eigenvalue weighted by Crippen LogP contribution is 2.23. The second-order valence-corrected chi connectivity index (χ2v) is 8.24. The fraction of sp³-hybridized carbons (Fsp3) is 0.333. The Labute approximate surface area is 188 Å². The molecule has 1 N–H and O–H groups in total. The first-order valence-electron chi connectivity index (χ1n) is 10.7. The first kappa shape index (κ1) is 21.4. The third kappa shape index (κ3) is 4.60. The summed E-state index contributed by atoms with van der Waals surface area (Å²) in [5.74, 6) is -0.137. The highest BCUT2D eigenvalue weighted by atomic mass is 35.5. The largest absolute Gasteiger partial charge is 0.369 e. The van der Waals surface area contributed by atoms with Gasteiger partial charge in [-0.1, -0.05) is 18.5 Å². The van der Waals surface area contributed by atoms with Gasteiger partial charge in [0.05, 0.1) is 22.1 Å². The number of halogens is 1. The molecule has 2 aromatic carbocycles. The quantitative estimate of drug-likeness (QED) is 0.636. The number of hydrogen-bond acceptors (Lipinski definition) is 4. The summed E-state index contributed by atoms with van der Waals surface area (Å²) in [4.78, 5) is 17.5. The molecular formula is C24H28ClN5O. The van der Waals surface area contributed by atoms with Crippen LogP contribution in [-0.2, 0) is 0 Å². The molecule has 6 nitrogen and oxygen atoms in total. The molecule has 0 spiro atoms. The second kappa shape index (κ2) is 9.12. The van der Waals surface area contributed by atoms with Gasteiger partial charge < -0.3 is 15.1 Å². The van der Waals surface area contributed by atoms with Crippen LogP contribution in [0, 0.1) is 13.8 Å². The number of likely N-dealkylation sites (N-methyl/N-ethyl adjacent to an activating group) is 1. The molecule has 0 aliphatic carbocycles. The number of nitrogens with one attached hydrogen (secondary N) is 1. The zero-order valence-corrected chi connectivity index (χ0v) is 19.0. The van der Waals surface area contributed by atoms with Crippen molar-refractivity contribution >= 4 is 28.9 Å². The topological polar surface area (TPSA) is 53.4 Å². The number of carbonyl (C=O) groups is 1. The van der Waals surface area contributed by atoms with Crippen LogP contribution in [0.3, 0.4) is 0 Å². The summed E-state index contributed by atoms with van der Waals surface area (Å²) in [7, 11) is 0. The fourth-order valence-electron chi connectivity index (χ4n) is 3.91. The van der Waals surface area contributed by atoms with E-state index >= 15 is 0 Å². The molecule has 1 aliphatic heterocycles. The van der Waals surface area contributed by atoms with E-state index in [1.54, 1.807) is 16.8 Å². The van der Waals surface area contributed by atoms with Crippen molar-refractivity contribution in [1.82, 2.24) is 14.7 Å². The van der Waals surface area contributed by atoms with Gasteiger partial charge in [0.25, 0.3) is 5.91 Å². The Kier molecular flexibility index (Phi) is 6.30. The summed E-state index contributed by atoms with van der Waals surface area (Å²) < 4.78 is 1.79. The minimum atomic E-state index is -0.137. The molecule has 0 saturated carbocycles. The number of rotatable bonds is 5. The van der Waals surface area contributed by atoms with Gasteiger partial charge in [-0.25, -0.2) is 4.68 Å². The van der Waals surface area contributed by atoms with Crippen LogP contribution in [0.15, 0.2) is 48.5 Å². The summed E-state index contributed by atoms with van der Waals surface area (Å²) in [6.45, 7) is 11.4. The predicted molar refractivity (Wildman–Crippen MR) is 127 cm³/mol. The Balaban J connectivity index is 1.39. The number of amides is 1. The number of hydrogen-bond donors (Lipinski definition) is 1. The van der Waals surface area contributed by atoms with Crippen LogP contribution in [0.25, 0.3) is 5.69 Å². The van der Waals surface area contributed by atoms with E-state index in [0.717, 1.165) is 55.5 Å². The highest BCUT2D eigenvalue weighted by Gasteiger charge is 2.16. The number of benzene rings is 2. The van der Waals surface area contributed by atoms with Crippen LogP contribution in [-0.4, -0.2) is 53.3 Å². The molecule has 0 atom stereocenters. The molecule has 1 saturated heterocycles. The summed E-state index contributed by atoms with van der Waals surface area (Å²) >= 11 is 6.24. The Bertz CT molecular complexity index is 1050. The maximum Gasteiger partial charge on any atom is 0.255 e. The first-order chi connectivity index (χ1) is 15.0. The molecular weight excluding hydrogens is 410 g/mol. The molecule has 0 unspecified atom stereocenters. The Morgan fingerprint density at radius 1 is 0.968 bits per heavy atom. The maximum atomic E-state index is 12.7. The molecule has 0 radical (unpaired) electrons. The van der Waals surface area contributed by atoms with Gasteiger partial charge in [-0.15, -0.1) is 0 Å². The summed E-state index contributed by atoms with van der Waals surface area (Å²) in [5.41, 5.74) is 5.12. The van der Waals surface area contributed by atoms with Gasteiger partial charge in [-0.05, 0) is 68.9 Å². The number of aromatic nitrogens is 2. The van der Waals surface area contributed by atoms with Crippen molar-refractivity contribution in [3.05, 3.63) is 70.5 Å². The normalized spacial score (nSPS) is 14.6. The van der Waals surface area contributed by atoms with E-state index < -0.39 is 0 Å². The zero-order valence-electron chi connectivity index (χ0n) is 18.2. The third-order valence-corrected chi connectivity index (χ3v) is 6.43. The zero-order chi connectivity index (χ0) is 22.0. The van der Waals surface area contributed by atoms with Crippen LogP contribution >= 0.6 is 11.6 Å². The van der Waals surface area contributed by atoms with Crippen molar-refractivity contribution in [3.63, 3.8) is 0 Å². The van der Waals surface area contributed by atoms with E-state index in [-0.39, 0.29) is 5.91 Å². The lowest BCUT2D eigenvalue weighted by Gasteiger charge is -2.35. The van der Waals surface area contributed by atoms with Crippen LogP contribution in [0.5, 0.6) is 0 Å². The molecule has 2 heterocycles. The predicted octanol–water partition coefficient (Wildman–Crippen LogP) is 4.54. The molecule has 1 aliphatic rings. The van der Waals surface area contributed by atoms with Crippen LogP contribution in [0.2, 0.25) is 5.02 Å². The van der Waals surface area contributed by atoms with Gasteiger partial charge in [-0.2, -0.15) is 5.10 Å². The first-order valence-corrected chi connectivity index (χ1v) is 11.0. The number of anilines is 2. The summed E-state index contributed by atoms with van der Waals surface area (Å²) in [5, 5.41) is 8.10. The molecule has 1 amide bonds. The lowest BCUT2D eigenvalue weighted by atomic mass is 10.1. The van der Waals surface area contributed by atoms with Crippen LogP contribution in [0.4, 0.5) is 11.4 Å². The van der Waals surface area contributed by atoms with Crippen molar-refractivity contribution in [2.75, 3.05) is 42.9 Å². The lowest BCUT2D eigenvalue weighted by Crippen LogP contribution is -2.46. The van der Waals surface area contributed by atoms with Crippen molar-refractivity contribution < 1.29 is 4.79 Å². The van der Waals surface area contributed by atoms with Gasteiger partial charge in [0.2, 0.25) is 0 Å². The standard InChI is InChI=1S/C24H28ClN5O/c1-4-28-13-15-29(16-14-28)21-11-7-20(8-12-21)26-24(31)19-5-9-22(10-6-19)30-18(3)23(25)17(2)27-30/h5-12H,4,13-16H2,1-3H3,(H,26,31). The highest BCUT2D eigenvalue weighted by molar-refractivity contribution is 6.31. The smallest absolute Gasteiger partial charge is 0.255 e. The molecule has 3 aromatic rings. The van der Waals surface area contributed by atoms with E-state index in [9.17, 15) is 4.79 Å². The SMILES string of the molecule is CCN1CCN(c2ccc(NC(=O)c3ccc(-n4nc(C)c(Cl)c4C)cc3)cc2)CC1. The average Bonchev–Trinajstić information content (AvgIpc) is 3.07. The number of aryl methyl sites for hydroxylation is 1. The Hall–Kier alpha value is -2.83. The molecule has 1 aromatic heterocycles. The van der Waals surface area contributed by atoms with Gasteiger partial charge >= 0.3 is 0 Å². The molecule has 31 heavy (non-hydrogen) atoms. The van der Waals surface area contributed by atoms with E-state index in [4.69, 9.17) is 11.6 Å². The second-order valence-electron chi connectivity index (χ2n) is 7.87. The number of piperazine rings is 1. The van der Waals surface area contributed by atoms with Crippen LogP contribution < -0.4 is 10.2 Å². The summed E-state index contributed by atoms with van der Waals surface area (Å²) in [6, 6.07) is 15.4. The lowest BCUT2D eigenvalue weighted by molar-refractivity contribution is 0.102. The molecule has 0 bridgehead atoms. The molecule has 4 rings (SSSR count). The van der Waals surface area contributed by atoms with Crippen molar-refractivity contribution in [2.24, 2.45) is 0 Å². The van der Waals surface area contributed by atoms with Crippen molar-refractivity contribution in [1.29, 1.82) is 0 Å². The number of nitrogens with zero attached hydrogens (tertiary/aromatic N) is 4. The van der Waals surface area contributed by atoms with E-state index in [1.807, 2.05) is 38.1 Å². The average molecular weight is 438 g/mol. The molecule has 162 valence electrons. The third-order valence-electron chi connectivity index (χ3n) is 5.89. The van der Waals surface area contributed by atoms with Gasteiger partial charge in [0.15, 0.2) is 0 Å². The maximum absolute atomic E-state index is 12.7. The van der Waals surface area contributed by atoms with Gasteiger partial charge in [0.1, 0.15) is 0 Å². The molecule has 7 heteroatoms. The Morgan fingerprint density at radius 3 is 2.13 bits per heavy atom. The fourth-order valence-corrected chi connectivity index (χ4v) is 4.03. The van der Waals surface area contributed by atoms with E-state index in [1.165, 1.54) is 5.69 Å². The van der Waals surface area contributed by atoms with Gasteiger partial charge in [-0.3, -0.25) is 4.79 Å². The Morgan fingerprint density at radius 2 is 1.58 bits per heavy atom. The minimum Gasteiger partial charge on any atom is -0.369 e. The minimum absolute atomic E-state index is 0.137. The van der Waals surface area contributed by atoms with Crippen molar-refractivity contribution in [2.45, 2.75) is 20.8 Å². The van der Waals surface area contributed by atoms with Crippen molar-refractivity contribution in [3.8, 4) is 5.69 Å². The molecule has 1 fully saturated rings. The summed E-state index contributed by atoms with van der Waals surface area (Å²) in [6.07, 6.45) is 0. The number of carbonyl (C=O) groups excluding carboxylic acids is 1. The van der Waals surface area contributed by atoms with Gasteiger partial charge in [0, 0.05) is 43.1 Å². The van der Waals surface area contributed by atoms with E-state index in [2.05, 4.69) is 39.3 Å². The monoisotopic (exact) mass is 437 g/mol. The van der Waals surface area contributed by atoms with E-state index in [0.29, 0.717) is 10.6 Å².